The van der Waals surface area contributed by atoms with Crippen LogP contribution in [-0.2, 0) is 0 Å². The summed E-state index contributed by atoms with van der Waals surface area (Å²) in [4.78, 5) is 4.38. The summed E-state index contributed by atoms with van der Waals surface area (Å²) in [5.74, 6) is 1.39. The van der Waals surface area contributed by atoms with Crippen molar-refractivity contribution in [2.24, 2.45) is 0 Å². The second-order valence-corrected chi connectivity index (χ2v) is 5.12. The molecule has 0 bridgehead atoms. The second-order valence-electron chi connectivity index (χ2n) is 3.64. The summed E-state index contributed by atoms with van der Waals surface area (Å²) in [7, 11) is 0. The Balaban J connectivity index is 2.12. The molecule has 0 saturated carbocycles. The summed E-state index contributed by atoms with van der Waals surface area (Å²) >= 11 is 7.15. The van der Waals surface area contributed by atoms with Crippen LogP contribution in [-0.4, -0.2) is 20.9 Å². The summed E-state index contributed by atoms with van der Waals surface area (Å²) in [5, 5.41) is 8.30. The predicted octanol–water partition coefficient (Wildman–Crippen LogP) is 3.62. The van der Waals surface area contributed by atoms with Crippen LogP contribution in [0.5, 0.6) is 0 Å². The number of nitrogens with one attached hydrogen (secondary N) is 1. The Hall–Kier alpha value is -1.26. The average molecular weight is 266 g/mol. The van der Waals surface area contributed by atoms with Gasteiger partial charge in [-0.05, 0) is 6.92 Å². The Morgan fingerprint density at radius 1 is 1.41 bits per heavy atom. The van der Waals surface area contributed by atoms with Crippen molar-refractivity contribution in [3.05, 3.63) is 41.4 Å². The quantitative estimate of drug-likeness (QED) is 0.859. The molecule has 2 rings (SSSR count). The number of nitrogens with zero attached hydrogens (tertiary/aromatic N) is 2. The van der Waals surface area contributed by atoms with E-state index in [1.807, 2.05) is 24.3 Å². The molecule has 1 N–H and O–H groups in total. The van der Waals surface area contributed by atoms with Gasteiger partial charge in [0.1, 0.15) is 0 Å². The molecule has 3 nitrogen and oxygen atoms in total. The van der Waals surface area contributed by atoms with Gasteiger partial charge >= 0.3 is 0 Å². The fourth-order valence-electron chi connectivity index (χ4n) is 1.29. The van der Waals surface area contributed by atoms with Crippen LogP contribution in [0.25, 0.3) is 11.4 Å². The van der Waals surface area contributed by atoms with Crippen molar-refractivity contribution in [1.29, 1.82) is 0 Å². The van der Waals surface area contributed by atoms with E-state index in [2.05, 4.69) is 28.7 Å². The third kappa shape index (κ3) is 3.35. The first-order chi connectivity index (χ1) is 8.15. The molecule has 0 saturated heterocycles. The number of hydrogen-bond donors (Lipinski definition) is 1. The highest BCUT2D eigenvalue weighted by atomic mass is 35.5. The molecule has 0 aliphatic carbocycles. The van der Waals surface area contributed by atoms with Gasteiger partial charge in [0.2, 0.25) is 5.16 Å². The van der Waals surface area contributed by atoms with Crippen molar-refractivity contribution in [3.8, 4) is 11.4 Å². The Morgan fingerprint density at radius 3 is 2.76 bits per heavy atom. The highest BCUT2D eigenvalue weighted by molar-refractivity contribution is 7.99. The largest absolute Gasteiger partial charge is 0.258 e. The Bertz CT molecular complexity index is 519. The smallest absolute Gasteiger partial charge is 0.209 e. The first-order valence-electron chi connectivity index (χ1n) is 5.10. The van der Waals surface area contributed by atoms with E-state index in [-0.39, 0.29) is 0 Å². The number of aromatic nitrogens is 3. The number of rotatable bonds is 4. The third-order valence-electron chi connectivity index (χ3n) is 2.15. The molecule has 1 aromatic heterocycles. The van der Waals surface area contributed by atoms with E-state index >= 15 is 0 Å². The molecule has 5 heteroatoms. The maximum atomic E-state index is 5.69. The zero-order valence-electron chi connectivity index (χ0n) is 9.40. The van der Waals surface area contributed by atoms with Crippen LogP contribution in [0.4, 0.5) is 0 Å². The number of benzene rings is 1. The van der Waals surface area contributed by atoms with Crippen LogP contribution >= 0.6 is 23.4 Å². The fourth-order valence-corrected chi connectivity index (χ4v) is 2.01. The Labute approximate surface area is 109 Å². The van der Waals surface area contributed by atoms with Crippen LogP contribution < -0.4 is 0 Å². The lowest BCUT2D eigenvalue weighted by molar-refractivity contribution is 0.975. The van der Waals surface area contributed by atoms with E-state index in [1.165, 1.54) is 17.3 Å². The molecular formula is C12H12ClN3S. The van der Waals surface area contributed by atoms with E-state index in [9.17, 15) is 0 Å². The molecule has 2 aromatic rings. The van der Waals surface area contributed by atoms with Gasteiger partial charge in [0.25, 0.3) is 0 Å². The molecule has 88 valence electrons. The van der Waals surface area contributed by atoms with E-state index in [0.29, 0.717) is 15.9 Å². The Kier molecular flexibility index (Phi) is 3.86. The molecule has 17 heavy (non-hydrogen) atoms. The lowest BCUT2D eigenvalue weighted by Crippen LogP contribution is -1.81. The van der Waals surface area contributed by atoms with Crippen molar-refractivity contribution >= 4 is 23.4 Å². The van der Waals surface area contributed by atoms with Crippen molar-refractivity contribution in [2.45, 2.75) is 12.1 Å². The number of hydrogen-bond acceptors (Lipinski definition) is 3. The molecule has 0 fully saturated rings. The summed E-state index contributed by atoms with van der Waals surface area (Å²) in [6, 6.07) is 8.13. The zero-order valence-corrected chi connectivity index (χ0v) is 11.0. The maximum absolute atomic E-state index is 5.69. The summed E-state index contributed by atoms with van der Waals surface area (Å²) in [5.41, 5.74) is 2.25. The van der Waals surface area contributed by atoms with Gasteiger partial charge in [0.15, 0.2) is 5.82 Å². The normalized spacial score (nSPS) is 10.5. The van der Waals surface area contributed by atoms with Crippen molar-refractivity contribution in [1.82, 2.24) is 15.2 Å². The van der Waals surface area contributed by atoms with E-state index < -0.39 is 0 Å². The highest BCUT2D eigenvalue weighted by Crippen LogP contribution is 2.21. The number of aromatic amines is 1. The van der Waals surface area contributed by atoms with Gasteiger partial charge in [-0.2, -0.15) is 0 Å². The number of aryl methyl sites for hydroxylation is 1. The molecule has 0 aliphatic heterocycles. The predicted molar refractivity (Wildman–Crippen MR) is 72.3 cm³/mol. The highest BCUT2D eigenvalue weighted by Gasteiger charge is 2.05. The van der Waals surface area contributed by atoms with Crippen LogP contribution in [0, 0.1) is 6.92 Å². The monoisotopic (exact) mass is 265 g/mol. The van der Waals surface area contributed by atoms with E-state index in [1.54, 1.807) is 0 Å². The first kappa shape index (κ1) is 12.2. The molecule has 0 atom stereocenters. The molecule has 1 aromatic carbocycles. The van der Waals surface area contributed by atoms with Gasteiger partial charge in [-0.1, -0.05) is 59.8 Å². The number of thioether (sulfide) groups is 1. The second kappa shape index (κ2) is 5.38. The lowest BCUT2D eigenvalue weighted by atomic mass is 10.1. The van der Waals surface area contributed by atoms with Crippen molar-refractivity contribution < 1.29 is 0 Å². The Morgan fingerprint density at radius 2 is 2.12 bits per heavy atom. The molecule has 0 spiro atoms. The first-order valence-corrected chi connectivity index (χ1v) is 6.47. The minimum Gasteiger partial charge on any atom is -0.258 e. The van der Waals surface area contributed by atoms with Gasteiger partial charge in [0.05, 0.1) is 0 Å². The van der Waals surface area contributed by atoms with Gasteiger partial charge in [-0.15, -0.1) is 5.10 Å². The van der Waals surface area contributed by atoms with Crippen LogP contribution in [0.3, 0.4) is 0 Å². The standard InChI is InChI=1S/C12H12ClN3S/c1-8-3-5-10(6-4-8)11-14-12(16-15-11)17-7-9(2)13/h3-6H,2,7H2,1H3,(H,14,15,16). The third-order valence-corrected chi connectivity index (χ3v) is 3.37. The van der Waals surface area contributed by atoms with Crippen LogP contribution in [0.15, 0.2) is 41.0 Å². The molecular weight excluding hydrogens is 254 g/mol. The van der Waals surface area contributed by atoms with Crippen LogP contribution in [0.1, 0.15) is 5.56 Å². The summed E-state index contributed by atoms with van der Waals surface area (Å²) in [6.07, 6.45) is 0. The van der Waals surface area contributed by atoms with Gasteiger partial charge in [0, 0.05) is 16.3 Å². The molecule has 0 radical (unpaired) electrons. The van der Waals surface area contributed by atoms with Gasteiger partial charge in [-0.3, -0.25) is 5.10 Å². The topological polar surface area (TPSA) is 41.6 Å². The minimum absolute atomic E-state index is 0.594. The van der Waals surface area contributed by atoms with E-state index in [0.717, 1.165) is 11.4 Å². The van der Waals surface area contributed by atoms with Crippen LogP contribution in [0.2, 0.25) is 0 Å². The zero-order chi connectivity index (χ0) is 12.3. The molecule has 0 amide bonds. The molecule has 0 aliphatic rings. The molecule has 1 heterocycles. The van der Waals surface area contributed by atoms with E-state index in [4.69, 9.17) is 11.6 Å². The summed E-state index contributed by atoms with van der Waals surface area (Å²) < 4.78 is 0. The SMILES string of the molecule is C=C(Cl)CSc1n[nH]c(-c2ccc(C)cc2)n1. The van der Waals surface area contributed by atoms with Gasteiger partial charge in [-0.25, -0.2) is 4.98 Å². The maximum Gasteiger partial charge on any atom is 0.209 e. The van der Waals surface area contributed by atoms with Crippen molar-refractivity contribution in [3.63, 3.8) is 0 Å². The van der Waals surface area contributed by atoms with Crippen molar-refractivity contribution in [2.75, 3.05) is 5.75 Å². The number of halogens is 1. The lowest BCUT2D eigenvalue weighted by Gasteiger charge is -1.96. The van der Waals surface area contributed by atoms with Gasteiger partial charge < -0.3 is 0 Å². The number of H-pyrrole nitrogens is 1. The minimum atomic E-state index is 0.594. The fraction of sp³-hybridized carbons (Fsp3) is 0.167. The molecule has 0 unspecified atom stereocenters. The average Bonchev–Trinajstić information content (AvgIpc) is 2.76. The summed E-state index contributed by atoms with van der Waals surface area (Å²) in [6.45, 7) is 5.68.